The molecule has 0 aliphatic heterocycles. The Balaban J connectivity index is -0.00000000178. The molecule has 0 aromatic heterocycles. The fraction of sp³-hybridized carbons (Fsp3) is 0. The van der Waals surface area contributed by atoms with Crippen LogP contribution in [0.1, 0.15) is 0 Å². The average molecular weight is 441 g/mol. The van der Waals surface area contributed by atoms with Crippen LogP contribution in [0, 0.1) is 0 Å². The minimum absolute atomic E-state index is 0. The van der Waals surface area contributed by atoms with Crippen molar-refractivity contribution in [1.82, 2.24) is 0 Å². The normalized spacial score (nSPS) is 4.00. The van der Waals surface area contributed by atoms with E-state index in [9.17, 15) is 0 Å². The molecule has 0 bridgehead atoms. The molecule has 0 aromatic rings. The molecule has 0 spiro atoms. The third-order valence-corrected chi connectivity index (χ3v) is 0. The standard InChI is InChI=1S/4ClH.10H2O.Sn/h4*1H;10*1H2;/q;;;;;;;;;;;;;;+4/p-4. The van der Waals surface area contributed by atoms with Gasteiger partial charge >= 0.3 is 49.6 Å². The first-order valence-electron chi connectivity index (χ1n) is 0.756. The first-order valence-corrected chi connectivity index (χ1v) is 15.2. The molecule has 0 atom stereocenters. The Bertz CT molecular complexity index is 32.9. The van der Waals surface area contributed by atoms with E-state index in [0.717, 1.165) is 0 Å². The summed E-state index contributed by atoms with van der Waals surface area (Å²) in [5.41, 5.74) is 0. The van der Waals surface area contributed by atoms with E-state index in [1.54, 1.807) is 0 Å². The molecule has 0 amide bonds. The molecule has 0 saturated heterocycles. The van der Waals surface area contributed by atoms with Gasteiger partial charge in [-0.05, 0) is 0 Å². The second-order valence-electron chi connectivity index (χ2n) is 0.429. The van der Waals surface area contributed by atoms with Crippen LogP contribution in [0.15, 0.2) is 0 Å². The van der Waals surface area contributed by atoms with Crippen LogP contribution in [0.25, 0.3) is 0 Å². The maximum atomic E-state index is 5.04. The predicted octanol–water partition coefficient (Wildman–Crippen LogP) is -5.87. The van der Waals surface area contributed by atoms with Crippen molar-refractivity contribution >= 4 is 49.6 Å². The van der Waals surface area contributed by atoms with Crippen molar-refractivity contribution in [3.63, 3.8) is 0 Å². The van der Waals surface area contributed by atoms with Gasteiger partial charge in [-0.2, -0.15) is 0 Å². The van der Waals surface area contributed by atoms with Gasteiger partial charge in [0.05, 0.1) is 0 Å². The number of hydrogen-bond donors (Lipinski definition) is 0. The van der Waals surface area contributed by atoms with Crippen molar-refractivity contribution in [1.29, 1.82) is 0 Å². The van der Waals surface area contributed by atoms with Gasteiger partial charge in [0.15, 0.2) is 0 Å². The summed E-state index contributed by atoms with van der Waals surface area (Å²) < 4.78 is 0. The van der Waals surface area contributed by atoms with Crippen LogP contribution in [-0.2, 0) is 0 Å². The SMILES string of the molecule is O.O.O.O.O.O.O.O.O.O.[Cl][Sn]([Cl])([Cl])[Cl]. The molecular formula is H20Cl4O10Sn. The fourth-order valence-electron chi connectivity index (χ4n) is 0. The molecule has 0 aliphatic rings. The van der Waals surface area contributed by atoms with E-state index < -0.39 is 13.9 Å². The second-order valence-corrected chi connectivity index (χ2v) is 25.9. The van der Waals surface area contributed by atoms with Gasteiger partial charge in [-0.25, -0.2) is 0 Å². The Morgan fingerprint density at radius 3 is 0.333 bits per heavy atom. The van der Waals surface area contributed by atoms with Gasteiger partial charge in [0.1, 0.15) is 0 Å². The molecule has 0 aromatic carbocycles. The fourth-order valence-corrected chi connectivity index (χ4v) is 0. The molecule has 0 rings (SSSR count). The van der Waals surface area contributed by atoms with E-state index in [4.69, 9.17) is 35.7 Å². The molecule has 15 heteroatoms. The van der Waals surface area contributed by atoms with E-state index in [0.29, 0.717) is 0 Å². The zero-order valence-corrected chi connectivity index (χ0v) is 12.9. The molecule has 0 unspecified atom stereocenters. The molecule has 0 heterocycles. The summed E-state index contributed by atoms with van der Waals surface area (Å²) in [4.78, 5) is 0. The third-order valence-electron chi connectivity index (χ3n) is 0. The number of hydrogen-bond acceptors (Lipinski definition) is 0. The molecular weight excluding hydrogens is 421 g/mol. The van der Waals surface area contributed by atoms with Crippen LogP contribution in [-0.4, -0.2) is 68.6 Å². The second kappa shape index (κ2) is 57.7. The molecule has 0 fully saturated rings. The summed E-state index contributed by atoms with van der Waals surface area (Å²) in [7, 11) is 20.1. The van der Waals surface area contributed by atoms with E-state index in [1.807, 2.05) is 0 Å². The zero-order chi connectivity index (χ0) is 4.50. The Morgan fingerprint density at radius 2 is 0.333 bits per heavy atom. The summed E-state index contributed by atoms with van der Waals surface area (Å²) in [5.74, 6) is 0. The van der Waals surface area contributed by atoms with Gasteiger partial charge in [0.2, 0.25) is 0 Å². The average Bonchev–Trinajstić information content (AvgIpc) is 0.722. The molecule has 10 nitrogen and oxygen atoms in total. The van der Waals surface area contributed by atoms with Crippen molar-refractivity contribution in [2.75, 3.05) is 0 Å². The minimum atomic E-state index is -3.29. The molecule has 20 N–H and O–H groups in total. The maximum absolute atomic E-state index is 5.04. The van der Waals surface area contributed by atoms with Crippen molar-refractivity contribution in [3.05, 3.63) is 0 Å². The van der Waals surface area contributed by atoms with Crippen molar-refractivity contribution in [2.24, 2.45) is 0 Å². The van der Waals surface area contributed by atoms with E-state index in [2.05, 4.69) is 0 Å². The Labute approximate surface area is 104 Å². The molecule has 112 valence electrons. The first-order chi connectivity index (χ1) is 2.00. The van der Waals surface area contributed by atoms with Crippen LogP contribution in [0.2, 0.25) is 0 Å². The van der Waals surface area contributed by atoms with Crippen LogP contribution >= 0.6 is 35.7 Å². The third kappa shape index (κ3) is 1180. The van der Waals surface area contributed by atoms with Gasteiger partial charge in [0, 0.05) is 0 Å². The molecule has 0 radical (unpaired) electrons. The van der Waals surface area contributed by atoms with Crippen molar-refractivity contribution in [3.8, 4) is 0 Å². The summed E-state index contributed by atoms with van der Waals surface area (Å²) in [6.45, 7) is 0. The number of rotatable bonds is 0. The molecule has 15 heavy (non-hydrogen) atoms. The summed E-state index contributed by atoms with van der Waals surface area (Å²) in [5, 5.41) is 0. The van der Waals surface area contributed by atoms with E-state index in [1.165, 1.54) is 0 Å². The zero-order valence-electron chi connectivity index (χ0n) is 7.01. The Morgan fingerprint density at radius 1 is 0.333 bits per heavy atom. The quantitative estimate of drug-likeness (QED) is 0.317. The Hall–Kier alpha value is 1.56. The van der Waals surface area contributed by atoms with Crippen LogP contribution in [0.4, 0.5) is 0 Å². The predicted molar refractivity (Wildman–Crippen MR) is 65.3 cm³/mol. The van der Waals surface area contributed by atoms with E-state index >= 15 is 0 Å². The Kier molecular flexibility index (Phi) is 499. The van der Waals surface area contributed by atoms with Crippen LogP contribution in [0.3, 0.4) is 0 Å². The summed E-state index contributed by atoms with van der Waals surface area (Å²) in [6.07, 6.45) is 0. The monoisotopic (exact) mass is 440 g/mol. The van der Waals surface area contributed by atoms with Crippen molar-refractivity contribution in [2.45, 2.75) is 0 Å². The van der Waals surface area contributed by atoms with Gasteiger partial charge in [-0.3, -0.25) is 0 Å². The van der Waals surface area contributed by atoms with Gasteiger partial charge in [0.25, 0.3) is 0 Å². The molecule has 0 aliphatic carbocycles. The molecule has 0 saturated carbocycles. The van der Waals surface area contributed by atoms with Gasteiger partial charge < -0.3 is 54.8 Å². The topological polar surface area (TPSA) is 315 Å². The van der Waals surface area contributed by atoms with Gasteiger partial charge in [-0.1, -0.05) is 0 Å². The van der Waals surface area contributed by atoms with Gasteiger partial charge in [-0.15, -0.1) is 0 Å². The van der Waals surface area contributed by atoms with Crippen LogP contribution < -0.4 is 0 Å². The van der Waals surface area contributed by atoms with Crippen LogP contribution in [0.5, 0.6) is 0 Å². The van der Waals surface area contributed by atoms with Crippen molar-refractivity contribution < 1.29 is 54.8 Å². The summed E-state index contributed by atoms with van der Waals surface area (Å²) in [6, 6.07) is 0. The van der Waals surface area contributed by atoms with E-state index in [-0.39, 0.29) is 54.8 Å². The number of halogens is 4. The first kappa shape index (κ1) is 130. The summed E-state index contributed by atoms with van der Waals surface area (Å²) >= 11 is -3.29.